The van der Waals surface area contributed by atoms with Crippen LogP contribution in [-0.4, -0.2) is 25.1 Å². The zero-order valence-electron chi connectivity index (χ0n) is 19.6. The summed E-state index contributed by atoms with van der Waals surface area (Å²) in [6, 6.07) is 8.25. The van der Waals surface area contributed by atoms with Gasteiger partial charge < -0.3 is 15.2 Å². The molecule has 0 bridgehead atoms. The topological polar surface area (TPSA) is 112 Å². The molecule has 0 aliphatic carbocycles. The number of hydrogen-bond donors (Lipinski definition) is 3. The summed E-state index contributed by atoms with van der Waals surface area (Å²) < 4.78 is 0. The molecule has 7 nitrogen and oxygen atoms in total. The molecule has 2 aromatic carbocycles. The Kier molecular flexibility index (Phi) is 5.58. The maximum absolute atomic E-state index is 11.8. The molecule has 3 rings (SSSR count). The fourth-order valence-corrected chi connectivity index (χ4v) is 4.17. The van der Waals surface area contributed by atoms with Gasteiger partial charge in [-0.15, -0.1) is 0 Å². The van der Waals surface area contributed by atoms with Gasteiger partial charge in [0.15, 0.2) is 0 Å². The van der Waals surface area contributed by atoms with Crippen molar-refractivity contribution in [1.29, 1.82) is 0 Å². The van der Waals surface area contributed by atoms with E-state index in [0.717, 1.165) is 5.56 Å². The number of phenolic OH excluding ortho intramolecular Hbond substituents is 2. The summed E-state index contributed by atoms with van der Waals surface area (Å²) in [5.41, 5.74) is -0.240. The number of nitro groups is 1. The van der Waals surface area contributed by atoms with E-state index in [1.165, 1.54) is 12.1 Å². The molecule has 0 radical (unpaired) electrons. The molecule has 0 spiro atoms. The van der Waals surface area contributed by atoms with Gasteiger partial charge in [0.05, 0.1) is 10.3 Å². The van der Waals surface area contributed by atoms with Crippen LogP contribution in [0.25, 0.3) is 0 Å². The quantitative estimate of drug-likeness (QED) is 0.359. The van der Waals surface area contributed by atoms with Crippen LogP contribution in [0, 0.1) is 10.1 Å². The summed E-state index contributed by atoms with van der Waals surface area (Å²) in [5, 5.41) is 34.6. The number of nitrogens with one attached hydrogen (secondary N) is 1. The van der Waals surface area contributed by atoms with Crippen LogP contribution in [0.5, 0.6) is 11.5 Å². The van der Waals surface area contributed by atoms with E-state index in [1.807, 2.05) is 53.7 Å². The molecule has 1 atom stereocenters. The molecule has 1 aromatic heterocycles. The van der Waals surface area contributed by atoms with Crippen LogP contribution in [0.2, 0.25) is 0 Å². The molecule has 1 unspecified atom stereocenters. The minimum absolute atomic E-state index is 0.0532. The van der Waals surface area contributed by atoms with Crippen molar-refractivity contribution in [3.8, 4) is 11.5 Å². The predicted molar refractivity (Wildman–Crippen MR) is 124 cm³/mol. The first-order valence-corrected chi connectivity index (χ1v) is 10.5. The van der Waals surface area contributed by atoms with Crippen molar-refractivity contribution in [2.75, 3.05) is 0 Å². The first-order chi connectivity index (χ1) is 14.7. The Bertz CT molecular complexity index is 1160. The molecule has 0 saturated heterocycles. The van der Waals surface area contributed by atoms with Gasteiger partial charge in [-0.05, 0) is 23.3 Å². The van der Waals surface area contributed by atoms with Crippen molar-refractivity contribution in [2.24, 2.45) is 0 Å². The molecule has 0 fully saturated rings. The van der Waals surface area contributed by atoms with E-state index in [9.17, 15) is 20.3 Å². The highest BCUT2D eigenvalue weighted by Gasteiger charge is 2.42. The second-order valence-electron chi connectivity index (χ2n) is 10.4. The number of imidazole rings is 1. The van der Waals surface area contributed by atoms with Crippen molar-refractivity contribution in [1.82, 2.24) is 9.97 Å². The van der Waals surface area contributed by atoms with E-state index < -0.39 is 15.8 Å². The maximum atomic E-state index is 11.8. The van der Waals surface area contributed by atoms with Gasteiger partial charge in [-0.1, -0.05) is 59.7 Å². The first-order valence-electron chi connectivity index (χ1n) is 10.5. The van der Waals surface area contributed by atoms with Gasteiger partial charge in [-0.25, -0.2) is 4.98 Å². The second kappa shape index (κ2) is 7.65. The summed E-state index contributed by atoms with van der Waals surface area (Å²) in [7, 11) is 0. The van der Waals surface area contributed by atoms with Gasteiger partial charge in [0.2, 0.25) is 0 Å². The highest BCUT2D eigenvalue weighted by Crippen LogP contribution is 2.50. The van der Waals surface area contributed by atoms with Crippen LogP contribution in [0.1, 0.15) is 76.5 Å². The van der Waals surface area contributed by atoms with Crippen molar-refractivity contribution < 1.29 is 15.1 Å². The summed E-state index contributed by atoms with van der Waals surface area (Å²) in [5.74, 6) is 0.471. The van der Waals surface area contributed by atoms with Crippen LogP contribution in [-0.2, 0) is 16.2 Å². The summed E-state index contributed by atoms with van der Waals surface area (Å²) in [6.07, 6.45) is 3.23. The van der Waals surface area contributed by atoms with Gasteiger partial charge in [0.25, 0.3) is 5.69 Å². The Morgan fingerprint density at radius 3 is 1.91 bits per heavy atom. The maximum Gasteiger partial charge on any atom is 0.270 e. The molecule has 170 valence electrons. The number of aromatic hydroxyl groups is 2. The van der Waals surface area contributed by atoms with E-state index in [4.69, 9.17) is 0 Å². The van der Waals surface area contributed by atoms with E-state index in [0.29, 0.717) is 22.5 Å². The average molecular weight is 438 g/mol. The number of rotatable bonds is 4. The molecule has 32 heavy (non-hydrogen) atoms. The minimum Gasteiger partial charge on any atom is -0.507 e. The SMILES string of the molecule is CC(C)(C)c1cccc(C(C)(c2ncc[nH]2)c2cc([N+](=O)[O-])cc(C(C)(C)C)c2O)c1O. The largest absolute Gasteiger partial charge is 0.507 e. The standard InChI is InChI=1S/C25H31N3O4/c1-23(2,3)16-9-8-10-17(20(16)29)25(7,22-26-11-12-27-22)19-14-15(28(31)32)13-18(21(19)30)24(4,5)6/h8-14,29-30H,1-7H3,(H,26,27). The Hall–Kier alpha value is -3.35. The Morgan fingerprint density at radius 2 is 1.41 bits per heavy atom. The smallest absolute Gasteiger partial charge is 0.270 e. The van der Waals surface area contributed by atoms with Gasteiger partial charge in [-0.3, -0.25) is 10.1 Å². The van der Waals surface area contributed by atoms with Crippen molar-refractivity contribution in [3.05, 3.63) is 80.9 Å². The highest BCUT2D eigenvalue weighted by molar-refractivity contribution is 5.63. The van der Waals surface area contributed by atoms with Crippen molar-refractivity contribution in [3.63, 3.8) is 0 Å². The number of hydrogen-bond acceptors (Lipinski definition) is 5. The van der Waals surface area contributed by atoms with Crippen molar-refractivity contribution >= 4 is 5.69 Å². The third-order valence-corrected chi connectivity index (χ3v) is 6.01. The molecule has 0 saturated carbocycles. The molecule has 7 heteroatoms. The lowest BCUT2D eigenvalue weighted by Gasteiger charge is -2.34. The van der Waals surface area contributed by atoms with Crippen LogP contribution in [0.15, 0.2) is 42.7 Å². The minimum atomic E-state index is -1.19. The fraction of sp³-hybridized carbons (Fsp3) is 0.400. The van der Waals surface area contributed by atoms with Crippen LogP contribution in [0.4, 0.5) is 5.69 Å². The number of aromatic amines is 1. The highest BCUT2D eigenvalue weighted by atomic mass is 16.6. The lowest BCUT2D eigenvalue weighted by atomic mass is 9.70. The number of H-pyrrole nitrogens is 1. The predicted octanol–water partition coefficient (Wildman–Crippen LogP) is 5.68. The third kappa shape index (κ3) is 3.83. The zero-order chi connectivity index (χ0) is 24.1. The van der Waals surface area contributed by atoms with E-state index in [-0.39, 0.29) is 22.6 Å². The molecule has 3 N–H and O–H groups in total. The summed E-state index contributed by atoms with van der Waals surface area (Å²) in [6.45, 7) is 13.5. The molecule has 0 amide bonds. The molecule has 0 aliphatic rings. The number of benzene rings is 2. The fourth-order valence-electron chi connectivity index (χ4n) is 4.17. The van der Waals surface area contributed by atoms with Crippen molar-refractivity contribution in [2.45, 2.75) is 64.7 Å². The molecular weight excluding hydrogens is 406 g/mol. The lowest BCUT2D eigenvalue weighted by molar-refractivity contribution is -0.385. The number of para-hydroxylation sites is 1. The zero-order valence-corrected chi connectivity index (χ0v) is 19.6. The normalized spacial score (nSPS) is 14.2. The molecule has 3 aromatic rings. The van der Waals surface area contributed by atoms with Gasteiger partial charge in [0, 0.05) is 41.2 Å². The van der Waals surface area contributed by atoms with E-state index in [2.05, 4.69) is 9.97 Å². The molecule has 0 aliphatic heterocycles. The number of nitrogens with zero attached hydrogens (tertiary/aromatic N) is 2. The van der Waals surface area contributed by atoms with Gasteiger partial charge in [-0.2, -0.15) is 0 Å². The number of aromatic nitrogens is 2. The third-order valence-electron chi connectivity index (χ3n) is 6.01. The van der Waals surface area contributed by atoms with Gasteiger partial charge >= 0.3 is 0 Å². The molecule has 1 heterocycles. The average Bonchev–Trinajstić information content (AvgIpc) is 3.21. The summed E-state index contributed by atoms with van der Waals surface area (Å²) in [4.78, 5) is 18.9. The Labute approximate surface area is 188 Å². The van der Waals surface area contributed by atoms with E-state index in [1.54, 1.807) is 25.4 Å². The summed E-state index contributed by atoms with van der Waals surface area (Å²) >= 11 is 0. The monoisotopic (exact) mass is 437 g/mol. The number of nitro benzene ring substituents is 1. The number of phenols is 2. The van der Waals surface area contributed by atoms with Crippen LogP contribution >= 0.6 is 0 Å². The molecular formula is C25H31N3O4. The van der Waals surface area contributed by atoms with Crippen LogP contribution < -0.4 is 0 Å². The Balaban J connectivity index is 2.48. The van der Waals surface area contributed by atoms with Crippen LogP contribution in [0.3, 0.4) is 0 Å². The number of non-ortho nitro benzene ring substituents is 1. The lowest BCUT2D eigenvalue weighted by Crippen LogP contribution is -2.29. The van der Waals surface area contributed by atoms with E-state index >= 15 is 0 Å². The Morgan fingerprint density at radius 1 is 0.875 bits per heavy atom. The first kappa shape index (κ1) is 23.3. The van der Waals surface area contributed by atoms with Gasteiger partial charge in [0.1, 0.15) is 17.3 Å². The second-order valence-corrected chi connectivity index (χ2v) is 10.4.